The van der Waals surface area contributed by atoms with Crippen molar-refractivity contribution in [3.05, 3.63) is 29.8 Å². The van der Waals surface area contributed by atoms with E-state index in [1.165, 1.54) is 11.3 Å². The van der Waals surface area contributed by atoms with Crippen LogP contribution < -0.4 is 10.2 Å². The molecule has 7 heteroatoms. The van der Waals surface area contributed by atoms with E-state index < -0.39 is 0 Å². The first kappa shape index (κ1) is 25.9. The molecule has 0 saturated carbocycles. The molecule has 2 aliphatic heterocycles. The van der Waals surface area contributed by atoms with Gasteiger partial charge in [0.15, 0.2) is 5.96 Å². The molecule has 1 amide bonds. The Morgan fingerprint density at radius 3 is 2.68 bits per heavy atom. The Kier molecular flexibility index (Phi) is 9.61. The summed E-state index contributed by atoms with van der Waals surface area (Å²) in [5.74, 6) is 1.62. The molecule has 2 unspecified atom stereocenters. The van der Waals surface area contributed by atoms with Crippen LogP contribution in [-0.2, 0) is 9.53 Å². The summed E-state index contributed by atoms with van der Waals surface area (Å²) in [4.78, 5) is 21.3. The Bertz CT molecular complexity index is 762. The molecule has 31 heavy (non-hydrogen) atoms. The highest BCUT2D eigenvalue weighted by Gasteiger charge is 2.32. The monoisotopic (exact) mass is 542 g/mol. The lowest BCUT2D eigenvalue weighted by Crippen LogP contribution is -2.42. The summed E-state index contributed by atoms with van der Waals surface area (Å²) < 4.78 is 5.71. The molecule has 2 heterocycles. The fourth-order valence-electron chi connectivity index (χ4n) is 4.46. The number of nitrogens with zero attached hydrogens (tertiary/aromatic N) is 3. The number of nitrogens with one attached hydrogen (secondary N) is 1. The number of anilines is 1. The Morgan fingerprint density at radius 2 is 2.06 bits per heavy atom. The van der Waals surface area contributed by atoms with Gasteiger partial charge in [-0.1, -0.05) is 39.0 Å². The number of guanidine groups is 1. The molecule has 6 nitrogen and oxygen atoms in total. The van der Waals surface area contributed by atoms with Crippen LogP contribution in [0.2, 0.25) is 0 Å². The van der Waals surface area contributed by atoms with E-state index in [1.54, 1.807) is 7.11 Å². The third-order valence-electron chi connectivity index (χ3n) is 6.24. The van der Waals surface area contributed by atoms with Crippen LogP contribution in [0.1, 0.15) is 58.4 Å². The first-order valence-electron chi connectivity index (χ1n) is 11.3. The highest BCUT2D eigenvalue weighted by atomic mass is 127. The lowest BCUT2D eigenvalue weighted by molar-refractivity contribution is -0.127. The molecule has 0 spiro atoms. The minimum absolute atomic E-state index is 0. The lowest BCUT2D eigenvalue weighted by Gasteiger charge is -2.29. The van der Waals surface area contributed by atoms with Gasteiger partial charge in [0.2, 0.25) is 5.91 Å². The zero-order valence-electron chi connectivity index (χ0n) is 19.7. The molecule has 1 aromatic carbocycles. The van der Waals surface area contributed by atoms with Crippen LogP contribution in [0.15, 0.2) is 29.3 Å². The van der Waals surface area contributed by atoms with Gasteiger partial charge in [0, 0.05) is 51.3 Å². The van der Waals surface area contributed by atoms with Crippen molar-refractivity contribution in [3.8, 4) is 0 Å². The van der Waals surface area contributed by atoms with E-state index in [4.69, 9.17) is 9.73 Å². The maximum Gasteiger partial charge on any atom is 0.222 e. The number of rotatable bonds is 7. The number of aliphatic imine (C=N–C) groups is 1. The van der Waals surface area contributed by atoms with Gasteiger partial charge in [-0.25, -0.2) is 0 Å². The Labute approximate surface area is 204 Å². The maximum absolute atomic E-state index is 12.0. The second-order valence-electron chi connectivity index (χ2n) is 9.42. The van der Waals surface area contributed by atoms with Crippen LogP contribution in [0.25, 0.3) is 0 Å². The summed E-state index contributed by atoms with van der Waals surface area (Å²) in [6.45, 7) is 12.7. The van der Waals surface area contributed by atoms with Gasteiger partial charge in [0.25, 0.3) is 0 Å². The maximum atomic E-state index is 12.0. The molecule has 2 aliphatic rings. The highest BCUT2D eigenvalue weighted by molar-refractivity contribution is 14.0. The molecule has 1 N–H and O–H groups in total. The number of halogens is 1. The average Bonchev–Trinajstić information content (AvgIpc) is 3.28. The predicted molar refractivity (Wildman–Crippen MR) is 139 cm³/mol. The summed E-state index contributed by atoms with van der Waals surface area (Å²) in [5.41, 5.74) is 2.61. The van der Waals surface area contributed by atoms with Crippen LogP contribution in [0, 0.1) is 5.41 Å². The number of carbonyl (C=O) groups is 1. The molecule has 3 rings (SSSR count). The van der Waals surface area contributed by atoms with E-state index in [0.717, 1.165) is 45.0 Å². The molecule has 174 valence electrons. The topological polar surface area (TPSA) is 57.2 Å². The average molecular weight is 543 g/mol. The number of methoxy groups -OCH3 is 1. The molecule has 0 radical (unpaired) electrons. The summed E-state index contributed by atoms with van der Waals surface area (Å²) in [5, 5.41) is 3.48. The molecule has 0 aromatic heterocycles. The van der Waals surface area contributed by atoms with Crippen LogP contribution in [-0.4, -0.2) is 62.7 Å². The SMILES string of the molecule is CCNC(=NCC(OC)C(C)(C)C)N1CC(CCN2CCCC2=O)c2ccccc21.I. The predicted octanol–water partition coefficient (Wildman–Crippen LogP) is 4.25. The van der Waals surface area contributed by atoms with Gasteiger partial charge in [0.1, 0.15) is 0 Å². The number of ether oxygens (including phenoxy) is 1. The smallest absolute Gasteiger partial charge is 0.222 e. The van der Waals surface area contributed by atoms with Crippen molar-refractivity contribution in [1.29, 1.82) is 0 Å². The van der Waals surface area contributed by atoms with Crippen molar-refractivity contribution in [1.82, 2.24) is 10.2 Å². The van der Waals surface area contributed by atoms with Crippen molar-refractivity contribution in [3.63, 3.8) is 0 Å². The number of carbonyl (C=O) groups excluding carboxylic acids is 1. The van der Waals surface area contributed by atoms with Gasteiger partial charge in [-0.05, 0) is 36.8 Å². The van der Waals surface area contributed by atoms with Gasteiger partial charge in [-0.3, -0.25) is 9.79 Å². The Hall–Kier alpha value is -1.35. The number of amides is 1. The minimum atomic E-state index is 0. The number of hydrogen-bond acceptors (Lipinski definition) is 3. The Balaban J connectivity index is 0.00000341. The van der Waals surface area contributed by atoms with E-state index in [2.05, 4.69) is 62.2 Å². The first-order valence-corrected chi connectivity index (χ1v) is 11.3. The van der Waals surface area contributed by atoms with Gasteiger partial charge in [-0.15, -0.1) is 24.0 Å². The van der Waals surface area contributed by atoms with E-state index in [9.17, 15) is 4.79 Å². The third-order valence-corrected chi connectivity index (χ3v) is 6.24. The van der Waals surface area contributed by atoms with Crippen molar-refractivity contribution in [2.75, 3.05) is 44.7 Å². The summed E-state index contributed by atoms with van der Waals surface area (Å²) in [6, 6.07) is 8.61. The van der Waals surface area contributed by atoms with Crippen molar-refractivity contribution in [2.45, 2.75) is 59.0 Å². The summed E-state index contributed by atoms with van der Waals surface area (Å²) in [7, 11) is 1.76. The first-order chi connectivity index (χ1) is 14.3. The number of likely N-dealkylation sites (tertiary alicyclic amines) is 1. The zero-order chi connectivity index (χ0) is 21.7. The van der Waals surface area contributed by atoms with Crippen LogP contribution in [0.5, 0.6) is 0 Å². The molecule has 0 aliphatic carbocycles. The fourth-order valence-corrected chi connectivity index (χ4v) is 4.46. The third kappa shape index (κ3) is 6.34. The van der Waals surface area contributed by atoms with E-state index >= 15 is 0 Å². The minimum Gasteiger partial charge on any atom is -0.379 e. The van der Waals surface area contributed by atoms with Gasteiger partial charge in [0.05, 0.1) is 12.6 Å². The van der Waals surface area contributed by atoms with Crippen LogP contribution in [0.4, 0.5) is 5.69 Å². The molecular formula is C24H39IN4O2. The second kappa shape index (κ2) is 11.5. The number of para-hydroxylation sites is 1. The van der Waals surface area contributed by atoms with Gasteiger partial charge >= 0.3 is 0 Å². The molecule has 1 saturated heterocycles. The van der Waals surface area contributed by atoms with Crippen LogP contribution in [0.3, 0.4) is 0 Å². The standard InChI is InChI=1S/C24H38N4O2.HI/c1-6-25-23(26-16-21(30-5)24(2,3)4)28-17-18(19-10-7-8-11-20(19)28)13-15-27-14-9-12-22(27)29;/h7-8,10-11,18,21H,6,9,12-17H2,1-5H3,(H,25,26);1H. The highest BCUT2D eigenvalue weighted by Crippen LogP contribution is 2.38. The van der Waals surface area contributed by atoms with Crippen molar-refractivity contribution < 1.29 is 9.53 Å². The van der Waals surface area contributed by atoms with E-state index in [0.29, 0.717) is 24.8 Å². The lowest BCUT2D eigenvalue weighted by atomic mass is 9.89. The zero-order valence-corrected chi connectivity index (χ0v) is 22.0. The van der Waals surface area contributed by atoms with E-state index in [1.807, 2.05) is 4.90 Å². The van der Waals surface area contributed by atoms with Gasteiger partial charge in [-0.2, -0.15) is 0 Å². The number of hydrogen-bond donors (Lipinski definition) is 1. The molecule has 1 fully saturated rings. The van der Waals surface area contributed by atoms with Crippen molar-refractivity contribution >= 4 is 41.5 Å². The van der Waals surface area contributed by atoms with Crippen molar-refractivity contribution in [2.24, 2.45) is 10.4 Å². The normalized spacial score (nSPS) is 20.0. The molecule has 2 atom stereocenters. The quantitative estimate of drug-likeness (QED) is 0.318. The second-order valence-corrected chi connectivity index (χ2v) is 9.42. The van der Waals surface area contributed by atoms with Crippen LogP contribution >= 0.6 is 24.0 Å². The molecule has 0 bridgehead atoms. The van der Waals surface area contributed by atoms with Gasteiger partial charge < -0.3 is 19.9 Å². The Morgan fingerprint density at radius 1 is 1.32 bits per heavy atom. The number of benzene rings is 1. The molecular weight excluding hydrogens is 503 g/mol. The number of fused-ring (bicyclic) bond motifs is 1. The summed E-state index contributed by atoms with van der Waals surface area (Å²) in [6.07, 6.45) is 2.75. The van der Waals surface area contributed by atoms with E-state index in [-0.39, 0.29) is 35.5 Å². The summed E-state index contributed by atoms with van der Waals surface area (Å²) >= 11 is 0. The molecule has 1 aromatic rings. The fraction of sp³-hybridized carbons (Fsp3) is 0.667. The largest absolute Gasteiger partial charge is 0.379 e.